The summed E-state index contributed by atoms with van der Waals surface area (Å²) >= 11 is 8.17. The fourth-order valence-electron chi connectivity index (χ4n) is 1.58. The SMILES string of the molecule is COc1ccc(NC(=O)c2cccc(I)c2)cc1Cl. The van der Waals surface area contributed by atoms with Crippen LogP contribution in [0.5, 0.6) is 5.75 Å². The number of ether oxygens (including phenoxy) is 1. The van der Waals surface area contributed by atoms with Gasteiger partial charge in [-0.25, -0.2) is 0 Å². The van der Waals surface area contributed by atoms with Gasteiger partial charge in [0.15, 0.2) is 0 Å². The molecule has 0 atom stereocenters. The smallest absolute Gasteiger partial charge is 0.255 e. The Morgan fingerprint density at radius 3 is 2.68 bits per heavy atom. The van der Waals surface area contributed by atoms with Crippen molar-refractivity contribution in [1.82, 2.24) is 0 Å². The van der Waals surface area contributed by atoms with Crippen LogP contribution in [-0.4, -0.2) is 13.0 Å². The van der Waals surface area contributed by atoms with Gasteiger partial charge < -0.3 is 10.1 Å². The molecule has 19 heavy (non-hydrogen) atoms. The van der Waals surface area contributed by atoms with Crippen molar-refractivity contribution in [3.8, 4) is 5.75 Å². The third-order valence-electron chi connectivity index (χ3n) is 2.50. The number of nitrogens with one attached hydrogen (secondary N) is 1. The first kappa shape index (κ1) is 14.1. The molecule has 2 aromatic rings. The fraction of sp³-hybridized carbons (Fsp3) is 0.0714. The second kappa shape index (κ2) is 6.25. The van der Waals surface area contributed by atoms with Gasteiger partial charge in [0, 0.05) is 14.8 Å². The van der Waals surface area contributed by atoms with Crippen LogP contribution in [-0.2, 0) is 0 Å². The minimum atomic E-state index is -0.167. The van der Waals surface area contributed by atoms with Gasteiger partial charge >= 0.3 is 0 Å². The quantitative estimate of drug-likeness (QED) is 0.802. The minimum Gasteiger partial charge on any atom is -0.495 e. The molecule has 0 unspecified atom stereocenters. The molecule has 0 fully saturated rings. The number of methoxy groups -OCH3 is 1. The minimum absolute atomic E-state index is 0.167. The predicted molar refractivity (Wildman–Crippen MR) is 85.1 cm³/mol. The summed E-state index contributed by atoms with van der Waals surface area (Å²) in [6.07, 6.45) is 0. The second-order valence-corrected chi connectivity index (χ2v) is 5.47. The molecule has 0 aliphatic carbocycles. The van der Waals surface area contributed by atoms with Crippen molar-refractivity contribution in [3.05, 3.63) is 56.6 Å². The number of hydrogen-bond donors (Lipinski definition) is 1. The lowest BCUT2D eigenvalue weighted by Gasteiger charge is -2.08. The van der Waals surface area contributed by atoms with Gasteiger partial charge in [-0.3, -0.25) is 4.79 Å². The molecule has 2 rings (SSSR count). The number of carbonyl (C=O) groups excluding carboxylic acids is 1. The molecule has 2 aromatic carbocycles. The van der Waals surface area contributed by atoms with E-state index in [1.807, 2.05) is 18.2 Å². The van der Waals surface area contributed by atoms with E-state index < -0.39 is 0 Å². The first-order chi connectivity index (χ1) is 9.10. The van der Waals surface area contributed by atoms with Crippen molar-refractivity contribution in [2.45, 2.75) is 0 Å². The zero-order chi connectivity index (χ0) is 13.8. The standard InChI is InChI=1S/C14H11ClINO2/c1-19-13-6-5-11(8-12(13)15)17-14(18)9-3-2-4-10(16)7-9/h2-8H,1H3,(H,17,18). The lowest BCUT2D eigenvalue weighted by atomic mass is 10.2. The van der Waals surface area contributed by atoms with Gasteiger partial charge in [-0.1, -0.05) is 17.7 Å². The summed E-state index contributed by atoms with van der Waals surface area (Å²) in [7, 11) is 1.55. The van der Waals surface area contributed by atoms with E-state index in [1.54, 1.807) is 31.4 Å². The zero-order valence-electron chi connectivity index (χ0n) is 10.1. The highest BCUT2D eigenvalue weighted by Gasteiger charge is 2.08. The molecular weight excluding hydrogens is 377 g/mol. The summed E-state index contributed by atoms with van der Waals surface area (Å²) in [6, 6.07) is 12.5. The lowest BCUT2D eigenvalue weighted by Crippen LogP contribution is -2.11. The molecule has 0 heterocycles. The van der Waals surface area contributed by atoms with Crippen LogP contribution in [0.2, 0.25) is 5.02 Å². The third kappa shape index (κ3) is 3.61. The van der Waals surface area contributed by atoms with Crippen LogP contribution in [0.3, 0.4) is 0 Å². The first-order valence-corrected chi connectivity index (χ1v) is 6.96. The van der Waals surface area contributed by atoms with E-state index in [0.29, 0.717) is 22.0 Å². The van der Waals surface area contributed by atoms with Crippen LogP contribution < -0.4 is 10.1 Å². The van der Waals surface area contributed by atoms with Crippen LogP contribution in [0, 0.1) is 3.57 Å². The Labute approximate surface area is 130 Å². The van der Waals surface area contributed by atoms with Crippen LogP contribution in [0.25, 0.3) is 0 Å². The van der Waals surface area contributed by atoms with E-state index >= 15 is 0 Å². The van der Waals surface area contributed by atoms with Gasteiger partial charge in [0.1, 0.15) is 5.75 Å². The van der Waals surface area contributed by atoms with Crippen molar-refractivity contribution in [2.24, 2.45) is 0 Å². The summed E-state index contributed by atoms with van der Waals surface area (Å²) < 4.78 is 6.07. The first-order valence-electron chi connectivity index (χ1n) is 5.50. The van der Waals surface area contributed by atoms with Crippen molar-refractivity contribution in [3.63, 3.8) is 0 Å². The molecule has 0 aromatic heterocycles. The summed E-state index contributed by atoms with van der Waals surface area (Å²) in [5.41, 5.74) is 1.24. The zero-order valence-corrected chi connectivity index (χ0v) is 13.0. The maximum atomic E-state index is 12.0. The summed E-state index contributed by atoms with van der Waals surface area (Å²) in [5, 5.41) is 3.26. The molecule has 1 N–H and O–H groups in total. The van der Waals surface area contributed by atoms with Crippen molar-refractivity contribution >= 4 is 45.8 Å². The molecule has 0 saturated heterocycles. The highest BCUT2D eigenvalue weighted by molar-refractivity contribution is 14.1. The Balaban J connectivity index is 2.17. The average Bonchev–Trinajstić information content (AvgIpc) is 2.39. The van der Waals surface area contributed by atoms with Gasteiger partial charge in [-0.15, -0.1) is 0 Å². The predicted octanol–water partition coefficient (Wildman–Crippen LogP) is 4.21. The summed E-state index contributed by atoms with van der Waals surface area (Å²) in [4.78, 5) is 12.0. The molecule has 0 bridgehead atoms. The van der Waals surface area contributed by atoms with Gasteiger partial charge in [0.25, 0.3) is 5.91 Å². The Bertz CT molecular complexity index is 616. The number of halogens is 2. The molecule has 3 nitrogen and oxygen atoms in total. The van der Waals surface area contributed by atoms with Gasteiger partial charge in [-0.2, -0.15) is 0 Å². The van der Waals surface area contributed by atoms with E-state index in [1.165, 1.54) is 0 Å². The highest BCUT2D eigenvalue weighted by atomic mass is 127. The molecule has 0 aliphatic heterocycles. The summed E-state index contributed by atoms with van der Waals surface area (Å²) in [6.45, 7) is 0. The molecule has 5 heteroatoms. The third-order valence-corrected chi connectivity index (χ3v) is 3.46. The largest absolute Gasteiger partial charge is 0.495 e. The molecule has 0 saturated carbocycles. The normalized spacial score (nSPS) is 10.1. The van der Waals surface area contributed by atoms with E-state index in [0.717, 1.165) is 3.57 Å². The van der Waals surface area contributed by atoms with Crippen molar-refractivity contribution in [1.29, 1.82) is 0 Å². The molecule has 98 valence electrons. The number of carbonyl (C=O) groups is 1. The van der Waals surface area contributed by atoms with Gasteiger partial charge in [0.2, 0.25) is 0 Å². The van der Waals surface area contributed by atoms with Gasteiger partial charge in [0.05, 0.1) is 12.1 Å². The van der Waals surface area contributed by atoms with Crippen molar-refractivity contribution in [2.75, 3.05) is 12.4 Å². The van der Waals surface area contributed by atoms with Crippen LogP contribution in [0.4, 0.5) is 5.69 Å². The Morgan fingerprint density at radius 2 is 2.05 bits per heavy atom. The fourth-order valence-corrected chi connectivity index (χ4v) is 2.38. The number of amides is 1. The topological polar surface area (TPSA) is 38.3 Å². The molecule has 0 radical (unpaired) electrons. The van der Waals surface area contributed by atoms with E-state index in [2.05, 4.69) is 27.9 Å². The van der Waals surface area contributed by atoms with Gasteiger partial charge in [-0.05, 0) is 59.0 Å². The number of hydrogen-bond acceptors (Lipinski definition) is 2. The molecule has 0 spiro atoms. The molecular formula is C14H11ClINO2. The second-order valence-electron chi connectivity index (χ2n) is 3.81. The van der Waals surface area contributed by atoms with Crippen molar-refractivity contribution < 1.29 is 9.53 Å². The average molecular weight is 388 g/mol. The van der Waals surface area contributed by atoms with E-state index in [9.17, 15) is 4.79 Å². The Morgan fingerprint density at radius 1 is 1.26 bits per heavy atom. The van der Waals surface area contributed by atoms with Crippen LogP contribution in [0.15, 0.2) is 42.5 Å². The molecule has 1 amide bonds. The lowest BCUT2D eigenvalue weighted by molar-refractivity contribution is 0.102. The van der Waals surface area contributed by atoms with Crippen LogP contribution >= 0.6 is 34.2 Å². The summed E-state index contributed by atoms with van der Waals surface area (Å²) in [5.74, 6) is 0.411. The highest BCUT2D eigenvalue weighted by Crippen LogP contribution is 2.27. The number of rotatable bonds is 3. The maximum Gasteiger partial charge on any atom is 0.255 e. The van der Waals surface area contributed by atoms with Crippen LogP contribution in [0.1, 0.15) is 10.4 Å². The maximum absolute atomic E-state index is 12.0. The number of benzene rings is 2. The Hall–Kier alpha value is -1.27. The Kier molecular flexibility index (Phi) is 4.66. The molecule has 0 aliphatic rings. The van der Waals surface area contributed by atoms with E-state index in [-0.39, 0.29) is 5.91 Å². The number of anilines is 1. The van der Waals surface area contributed by atoms with E-state index in [4.69, 9.17) is 16.3 Å². The monoisotopic (exact) mass is 387 g/mol.